The maximum Gasteiger partial charge on any atom is 0.534 e. The van der Waals surface area contributed by atoms with E-state index in [1.807, 2.05) is 6.26 Å². The van der Waals surface area contributed by atoms with E-state index >= 15 is 0 Å². The first-order valence-corrected chi connectivity index (χ1v) is 11.8. The predicted octanol–water partition coefficient (Wildman–Crippen LogP) is 4.83. The minimum atomic E-state index is -5.62. The van der Waals surface area contributed by atoms with Gasteiger partial charge in [0, 0.05) is 18.3 Å². The van der Waals surface area contributed by atoms with Crippen molar-refractivity contribution < 1.29 is 30.0 Å². The first-order chi connectivity index (χ1) is 11.8. The highest BCUT2D eigenvalue weighted by Gasteiger charge is 2.52. The molecule has 0 N–H and O–H groups in total. The van der Waals surface area contributed by atoms with E-state index in [0.29, 0.717) is 6.42 Å². The molecule has 1 fully saturated rings. The van der Waals surface area contributed by atoms with Gasteiger partial charge in [0.25, 0.3) is 0 Å². The molecule has 2 rings (SSSR count). The fraction of sp³-hybridized carbons (Fsp3) is 0.882. The maximum atomic E-state index is 12.6. The summed E-state index contributed by atoms with van der Waals surface area (Å²) in [6, 6.07) is 0. The number of hydrogen-bond acceptors (Lipinski definition) is 4. The normalized spacial score (nSPS) is 25.7. The van der Waals surface area contributed by atoms with Crippen molar-refractivity contribution in [1.82, 2.24) is 0 Å². The quantitative estimate of drug-likeness (QED) is 0.374. The second-order valence-corrected chi connectivity index (χ2v) is 12.0. The summed E-state index contributed by atoms with van der Waals surface area (Å²) in [7, 11) is -5.62. The zero-order chi connectivity index (χ0) is 19.8. The lowest BCUT2D eigenvalue weighted by Gasteiger charge is -2.44. The summed E-state index contributed by atoms with van der Waals surface area (Å²) >= 11 is -0.325. The third-order valence-corrected chi connectivity index (χ3v) is 8.49. The third-order valence-electron chi connectivity index (χ3n) is 5.24. The molecule has 0 aliphatic heterocycles. The molecule has 0 saturated heterocycles. The average molecular weight is 418 g/mol. The van der Waals surface area contributed by atoms with Crippen LogP contribution in [0, 0.1) is 5.41 Å². The molecular formula is C17H28F3O4S2+. The van der Waals surface area contributed by atoms with Crippen LogP contribution in [0.5, 0.6) is 0 Å². The third kappa shape index (κ3) is 4.90. The lowest BCUT2D eigenvalue weighted by atomic mass is 9.65. The first kappa shape index (κ1) is 21.9. The molecule has 26 heavy (non-hydrogen) atoms. The van der Waals surface area contributed by atoms with Gasteiger partial charge in [0.05, 0.1) is 0 Å². The summed E-state index contributed by atoms with van der Waals surface area (Å²) in [4.78, 5) is 0. The molecule has 0 aromatic rings. The molecule has 2 aliphatic carbocycles. The van der Waals surface area contributed by atoms with Gasteiger partial charge in [-0.25, -0.2) is 0 Å². The summed E-state index contributed by atoms with van der Waals surface area (Å²) < 4.78 is 71.4. The van der Waals surface area contributed by atoms with Crippen LogP contribution < -0.4 is 0 Å². The maximum absolute atomic E-state index is 12.6. The van der Waals surface area contributed by atoms with Crippen LogP contribution in [0.1, 0.15) is 65.7 Å². The zero-order valence-corrected chi connectivity index (χ0v) is 17.3. The summed E-state index contributed by atoms with van der Waals surface area (Å²) in [6.07, 6.45) is 8.53. The number of rotatable bonds is 4. The summed E-state index contributed by atoms with van der Waals surface area (Å²) in [6.45, 7) is 6.27. The van der Waals surface area contributed by atoms with Crippen molar-refractivity contribution in [3.8, 4) is 0 Å². The van der Waals surface area contributed by atoms with Crippen LogP contribution in [0.4, 0.5) is 13.2 Å². The molecule has 0 aromatic heterocycles. The summed E-state index contributed by atoms with van der Waals surface area (Å²) in [5.41, 5.74) is -5.76. The van der Waals surface area contributed by atoms with Crippen molar-refractivity contribution in [2.75, 3.05) is 6.26 Å². The van der Waals surface area contributed by atoms with E-state index in [-0.39, 0.29) is 39.6 Å². The molecule has 1 saturated carbocycles. The highest BCUT2D eigenvalue weighted by molar-refractivity contribution is 7.93. The van der Waals surface area contributed by atoms with Crippen LogP contribution >= 0.6 is 0 Å². The SMILES string of the molecule is C[S+](OC1CC=C(OS(=O)(=O)C(F)(F)F)CC12CCCCC2)C(C)(C)C. The van der Waals surface area contributed by atoms with E-state index in [4.69, 9.17) is 4.18 Å². The van der Waals surface area contributed by atoms with Crippen LogP contribution in [0.25, 0.3) is 0 Å². The van der Waals surface area contributed by atoms with Crippen LogP contribution in [0.15, 0.2) is 11.8 Å². The fourth-order valence-electron chi connectivity index (χ4n) is 3.49. The minimum absolute atomic E-state index is 0.0318. The Morgan fingerprint density at radius 2 is 1.73 bits per heavy atom. The molecule has 0 heterocycles. The topological polar surface area (TPSA) is 52.6 Å². The van der Waals surface area contributed by atoms with Gasteiger partial charge in [-0.15, -0.1) is 0 Å². The summed E-state index contributed by atoms with van der Waals surface area (Å²) in [5, 5.41) is 0. The summed E-state index contributed by atoms with van der Waals surface area (Å²) in [5.74, 6) is -0.101. The Balaban J connectivity index is 2.23. The number of hydrogen-bond donors (Lipinski definition) is 0. The standard InChI is InChI=1S/C17H28F3O4S2/c1-15(2,3)25(4)23-14-9-8-13(24-26(21,22)17(18,19)20)12-16(14)10-6-5-7-11-16/h8,14H,5-7,9-12H2,1-4H3/q+1. The molecule has 2 atom stereocenters. The second kappa shape index (κ2) is 7.54. The van der Waals surface area contributed by atoms with Crippen molar-refractivity contribution in [2.24, 2.45) is 5.41 Å². The van der Waals surface area contributed by atoms with E-state index in [1.165, 1.54) is 6.08 Å². The highest BCUT2D eigenvalue weighted by atomic mass is 32.2. The van der Waals surface area contributed by atoms with Crippen LogP contribution in [0.2, 0.25) is 0 Å². The average Bonchev–Trinajstić information content (AvgIpc) is 2.48. The molecule has 2 unspecified atom stereocenters. The zero-order valence-electron chi connectivity index (χ0n) is 15.7. The van der Waals surface area contributed by atoms with Crippen molar-refractivity contribution in [3.05, 3.63) is 11.8 Å². The highest BCUT2D eigenvalue weighted by Crippen LogP contribution is 2.50. The largest absolute Gasteiger partial charge is 0.534 e. The molecule has 152 valence electrons. The van der Waals surface area contributed by atoms with Crippen molar-refractivity contribution in [2.45, 2.75) is 82.1 Å². The van der Waals surface area contributed by atoms with Gasteiger partial charge >= 0.3 is 15.6 Å². The lowest BCUT2D eigenvalue weighted by molar-refractivity contribution is -0.0539. The molecular weight excluding hydrogens is 389 g/mol. The molecule has 9 heteroatoms. The van der Waals surface area contributed by atoms with Gasteiger partial charge in [0.1, 0.15) is 29.3 Å². The van der Waals surface area contributed by atoms with Gasteiger partial charge in [0.15, 0.2) is 4.75 Å². The van der Waals surface area contributed by atoms with Crippen molar-refractivity contribution >= 4 is 21.3 Å². The molecule has 0 bridgehead atoms. The molecule has 1 spiro atoms. The van der Waals surface area contributed by atoms with Gasteiger partial charge in [-0.3, -0.25) is 0 Å². The van der Waals surface area contributed by atoms with Crippen LogP contribution in [-0.4, -0.2) is 31.0 Å². The van der Waals surface area contributed by atoms with Crippen LogP contribution in [-0.2, 0) is 29.7 Å². The minimum Gasteiger partial charge on any atom is -0.381 e. The predicted molar refractivity (Wildman–Crippen MR) is 96.8 cm³/mol. The Morgan fingerprint density at radius 1 is 1.15 bits per heavy atom. The van der Waals surface area contributed by atoms with E-state index < -0.39 is 15.6 Å². The first-order valence-electron chi connectivity index (χ1n) is 8.80. The molecule has 0 radical (unpaired) electrons. The Hall–Kier alpha value is -0.410. The van der Waals surface area contributed by atoms with Crippen LogP contribution in [0.3, 0.4) is 0 Å². The number of alkyl halides is 3. The van der Waals surface area contributed by atoms with E-state index in [1.54, 1.807) is 0 Å². The van der Waals surface area contributed by atoms with Gasteiger partial charge in [0.2, 0.25) is 0 Å². The van der Waals surface area contributed by atoms with Crippen molar-refractivity contribution in [3.63, 3.8) is 0 Å². The number of allylic oxidation sites excluding steroid dienone is 1. The Labute approximate surface area is 157 Å². The number of halogens is 3. The van der Waals surface area contributed by atoms with E-state index in [0.717, 1.165) is 32.1 Å². The Bertz CT molecular complexity index is 629. The van der Waals surface area contributed by atoms with Gasteiger partial charge in [-0.1, -0.05) is 19.3 Å². The smallest absolute Gasteiger partial charge is 0.381 e. The van der Waals surface area contributed by atoms with Gasteiger partial charge in [-0.2, -0.15) is 25.8 Å². The lowest BCUT2D eigenvalue weighted by Crippen LogP contribution is -2.45. The molecule has 0 aromatic carbocycles. The van der Waals surface area contributed by atoms with Crippen molar-refractivity contribution in [1.29, 1.82) is 0 Å². The Morgan fingerprint density at radius 3 is 2.23 bits per heavy atom. The molecule has 4 nitrogen and oxygen atoms in total. The van der Waals surface area contributed by atoms with Gasteiger partial charge in [-0.05, 0) is 39.7 Å². The Kier molecular flexibility index (Phi) is 6.35. The van der Waals surface area contributed by atoms with E-state index in [9.17, 15) is 21.6 Å². The van der Waals surface area contributed by atoms with Gasteiger partial charge < -0.3 is 4.18 Å². The van der Waals surface area contributed by atoms with E-state index in [2.05, 4.69) is 25.0 Å². The molecule has 0 amide bonds. The molecule has 2 aliphatic rings. The monoisotopic (exact) mass is 417 g/mol. The fourth-order valence-corrected chi connectivity index (χ4v) is 4.91. The second-order valence-electron chi connectivity index (χ2n) is 8.14.